The molecule has 6 nitrogen and oxygen atoms in total. The molecule has 33 heavy (non-hydrogen) atoms. The second-order valence-electron chi connectivity index (χ2n) is 8.02. The third kappa shape index (κ3) is 5.80. The molecule has 0 radical (unpaired) electrons. The van der Waals surface area contributed by atoms with Crippen LogP contribution in [-0.4, -0.2) is 24.7 Å². The fraction of sp³-hybridized carbons (Fsp3) is 0.240. The van der Waals surface area contributed by atoms with Crippen molar-refractivity contribution in [1.29, 1.82) is 5.26 Å². The minimum absolute atomic E-state index is 0.00874. The molecule has 1 aliphatic rings. The van der Waals surface area contributed by atoms with Gasteiger partial charge < -0.3 is 15.3 Å². The van der Waals surface area contributed by atoms with Crippen molar-refractivity contribution in [3.8, 4) is 28.7 Å². The highest BCUT2D eigenvalue weighted by molar-refractivity contribution is 7.95. The smallest absolute Gasteiger partial charge is 0.150 e. The second-order valence-corrected chi connectivity index (χ2v) is 9.09. The first kappa shape index (κ1) is 23.4. The zero-order valence-corrected chi connectivity index (χ0v) is 19.5. The number of hydrogen-bond acceptors (Lipinski definition) is 7. The van der Waals surface area contributed by atoms with Crippen LogP contribution in [0, 0.1) is 11.3 Å². The van der Waals surface area contributed by atoms with Crippen LogP contribution in [-0.2, 0) is 5.41 Å². The summed E-state index contributed by atoms with van der Waals surface area (Å²) in [5.74, 6) is 0.533. The number of phenolic OH excluding ortho intramolecular Hbond substituents is 1. The van der Waals surface area contributed by atoms with E-state index in [2.05, 4.69) is 45.3 Å². The first-order valence-electron chi connectivity index (χ1n) is 10.7. The highest BCUT2D eigenvalue weighted by atomic mass is 35.5. The normalized spacial score (nSPS) is 15.0. The van der Waals surface area contributed by atoms with Gasteiger partial charge in [0.15, 0.2) is 0 Å². The maximum Gasteiger partial charge on any atom is 0.150 e. The van der Waals surface area contributed by atoms with Gasteiger partial charge in [0.2, 0.25) is 0 Å². The number of piperidine rings is 1. The molecule has 1 aliphatic heterocycles. The van der Waals surface area contributed by atoms with Gasteiger partial charge in [0.25, 0.3) is 0 Å². The minimum atomic E-state index is 0.00874. The SMILES string of the molecule is N#Cc1cccc(-c2ccc(C3(CNSNOc4ccc(O)c(Cl)c4)CCNCC3)cc2)c1. The Morgan fingerprint density at radius 3 is 2.58 bits per heavy atom. The van der Waals surface area contributed by atoms with Crippen LogP contribution < -0.4 is 19.8 Å². The standard InChI is InChI=1S/C25H25ClN4O2S/c26-23-15-22(8-9-24(23)31)32-30-33-29-17-25(10-12-28-13-11-25)21-6-4-19(5-7-21)20-3-1-2-18(14-20)16-27/h1-9,14-15,28-31H,10-13,17H2. The van der Waals surface area contributed by atoms with Gasteiger partial charge in [0.05, 0.1) is 16.7 Å². The van der Waals surface area contributed by atoms with Crippen molar-refractivity contribution >= 4 is 23.7 Å². The summed E-state index contributed by atoms with van der Waals surface area (Å²) in [5, 5.41) is 22.4. The van der Waals surface area contributed by atoms with Crippen LogP contribution in [0.3, 0.4) is 0 Å². The molecule has 8 heteroatoms. The Morgan fingerprint density at radius 1 is 1.06 bits per heavy atom. The van der Waals surface area contributed by atoms with Crippen molar-refractivity contribution in [2.75, 3.05) is 19.6 Å². The minimum Gasteiger partial charge on any atom is -0.506 e. The Bertz CT molecular complexity index is 1130. The lowest BCUT2D eigenvalue weighted by atomic mass is 9.73. The third-order valence-electron chi connectivity index (χ3n) is 5.99. The molecule has 1 saturated heterocycles. The zero-order valence-electron chi connectivity index (χ0n) is 18.0. The fourth-order valence-electron chi connectivity index (χ4n) is 4.08. The summed E-state index contributed by atoms with van der Waals surface area (Å²) in [5.41, 5.74) is 4.11. The van der Waals surface area contributed by atoms with Gasteiger partial charge in [0.1, 0.15) is 11.5 Å². The van der Waals surface area contributed by atoms with E-state index in [-0.39, 0.29) is 16.2 Å². The number of nitrogens with one attached hydrogen (secondary N) is 3. The molecule has 1 fully saturated rings. The summed E-state index contributed by atoms with van der Waals surface area (Å²) in [7, 11) is 0. The maximum atomic E-state index is 9.50. The number of nitriles is 1. The topological polar surface area (TPSA) is 89.3 Å². The number of rotatable bonds is 8. The summed E-state index contributed by atoms with van der Waals surface area (Å²) in [4.78, 5) is 8.29. The monoisotopic (exact) mass is 480 g/mol. The van der Waals surface area contributed by atoms with Crippen LogP contribution >= 0.6 is 23.7 Å². The van der Waals surface area contributed by atoms with Crippen molar-refractivity contribution < 1.29 is 9.94 Å². The average Bonchev–Trinajstić information content (AvgIpc) is 2.86. The summed E-state index contributed by atoms with van der Waals surface area (Å²) in [6, 6.07) is 23.2. The molecule has 0 amide bonds. The van der Waals surface area contributed by atoms with E-state index in [1.807, 2.05) is 24.3 Å². The molecule has 0 aromatic heterocycles. The summed E-state index contributed by atoms with van der Waals surface area (Å²) in [6.45, 7) is 2.71. The van der Waals surface area contributed by atoms with Crippen LogP contribution in [0.4, 0.5) is 0 Å². The van der Waals surface area contributed by atoms with Gasteiger partial charge in [-0.1, -0.05) is 52.9 Å². The van der Waals surface area contributed by atoms with Crippen molar-refractivity contribution in [3.63, 3.8) is 0 Å². The molecule has 0 saturated carbocycles. The van der Waals surface area contributed by atoms with Gasteiger partial charge in [-0.05, 0) is 66.9 Å². The number of benzene rings is 3. The fourth-order valence-corrected chi connectivity index (χ4v) is 4.80. The number of halogens is 1. The number of nitrogens with zero attached hydrogens (tertiary/aromatic N) is 1. The van der Waals surface area contributed by atoms with Crippen molar-refractivity contribution in [2.45, 2.75) is 18.3 Å². The number of hydrogen-bond donors (Lipinski definition) is 4. The Balaban J connectivity index is 1.39. The number of aromatic hydroxyl groups is 1. The molecular formula is C25H25ClN4O2S. The molecule has 3 aromatic carbocycles. The van der Waals surface area contributed by atoms with E-state index in [0.29, 0.717) is 11.3 Å². The van der Waals surface area contributed by atoms with E-state index in [0.717, 1.165) is 43.6 Å². The maximum absolute atomic E-state index is 9.50. The molecule has 0 aliphatic carbocycles. The molecule has 1 heterocycles. The lowest BCUT2D eigenvalue weighted by Crippen LogP contribution is -2.45. The molecule has 0 atom stereocenters. The highest BCUT2D eigenvalue weighted by Gasteiger charge is 2.33. The first-order valence-corrected chi connectivity index (χ1v) is 11.9. The largest absolute Gasteiger partial charge is 0.506 e. The van der Waals surface area contributed by atoms with E-state index in [9.17, 15) is 10.4 Å². The van der Waals surface area contributed by atoms with Gasteiger partial charge in [-0.25, -0.2) is 4.72 Å². The molecule has 170 valence electrons. The molecule has 3 aromatic rings. The lowest BCUT2D eigenvalue weighted by Gasteiger charge is -2.38. The van der Waals surface area contributed by atoms with E-state index < -0.39 is 0 Å². The van der Waals surface area contributed by atoms with Crippen LogP contribution in [0.15, 0.2) is 66.7 Å². The van der Waals surface area contributed by atoms with Crippen molar-refractivity contribution in [3.05, 3.63) is 82.9 Å². The summed E-state index contributed by atoms with van der Waals surface area (Å²) in [6.07, 6.45) is 2.05. The van der Waals surface area contributed by atoms with Gasteiger partial charge >= 0.3 is 0 Å². The van der Waals surface area contributed by atoms with Gasteiger partial charge in [-0.2, -0.15) is 5.26 Å². The first-order chi connectivity index (χ1) is 16.1. The van der Waals surface area contributed by atoms with Crippen LogP contribution in [0.5, 0.6) is 11.5 Å². The Morgan fingerprint density at radius 2 is 1.85 bits per heavy atom. The van der Waals surface area contributed by atoms with Gasteiger partial charge in [-0.15, -0.1) is 0 Å². The molecular weight excluding hydrogens is 456 g/mol. The molecule has 0 spiro atoms. The Labute approximate surface area is 203 Å². The number of phenols is 1. The summed E-state index contributed by atoms with van der Waals surface area (Å²) < 4.78 is 3.39. The van der Waals surface area contributed by atoms with Crippen molar-refractivity contribution in [2.24, 2.45) is 0 Å². The van der Waals surface area contributed by atoms with Crippen LogP contribution in [0.1, 0.15) is 24.0 Å². The molecule has 0 unspecified atom stereocenters. The Hall–Kier alpha value is -2.73. The third-order valence-corrected chi connectivity index (χ3v) is 6.74. The van der Waals surface area contributed by atoms with E-state index in [1.54, 1.807) is 12.1 Å². The van der Waals surface area contributed by atoms with E-state index >= 15 is 0 Å². The zero-order chi connectivity index (χ0) is 23.1. The molecule has 0 bridgehead atoms. The van der Waals surface area contributed by atoms with E-state index in [1.165, 1.54) is 23.8 Å². The predicted octanol–water partition coefficient (Wildman–Crippen LogP) is 4.94. The lowest BCUT2D eigenvalue weighted by molar-refractivity contribution is 0.280. The molecule has 4 N–H and O–H groups in total. The molecule has 4 rings (SSSR count). The van der Waals surface area contributed by atoms with Gasteiger partial charge in [0, 0.05) is 30.2 Å². The highest BCUT2D eigenvalue weighted by Crippen LogP contribution is 2.35. The quantitative estimate of drug-likeness (QED) is 0.206. The second kappa shape index (κ2) is 10.9. The van der Waals surface area contributed by atoms with Crippen LogP contribution in [0.2, 0.25) is 5.02 Å². The van der Waals surface area contributed by atoms with Gasteiger partial charge in [-0.3, -0.25) is 0 Å². The Kier molecular flexibility index (Phi) is 7.76. The van der Waals surface area contributed by atoms with Crippen LogP contribution in [0.25, 0.3) is 11.1 Å². The van der Waals surface area contributed by atoms with Crippen molar-refractivity contribution in [1.82, 2.24) is 14.9 Å². The summed E-state index contributed by atoms with van der Waals surface area (Å²) >= 11 is 7.18. The average molecular weight is 481 g/mol. The van der Waals surface area contributed by atoms with E-state index in [4.69, 9.17) is 16.4 Å². The predicted molar refractivity (Wildman–Crippen MR) is 133 cm³/mol.